The monoisotopic (exact) mass is 509 g/mol. The zero-order valence-corrected chi connectivity index (χ0v) is 19.1. The van der Waals surface area contributed by atoms with Gasteiger partial charge in [0.1, 0.15) is 17.5 Å². The highest BCUT2D eigenvalue weighted by Crippen LogP contribution is 2.41. The number of aromatic nitrogens is 3. The number of carbonyl (C=O) groups is 1. The number of rotatable bonds is 3. The molecule has 1 aliphatic heterocycles. The van der Waals surface area contributed by atoms with Crippen LogP contribution in [0.25, 0.3) is 28.2 Å². The lowest BCUT2D eigenvalue weighted by atomic mass is 9.84. The maximum Gasteiger partial charge on any atom is 0.306 e. The third kappa shape index (κ3) is 3.93. The standard InChI is InChI=1S/C24H21BrFN5O2/c25-20-21(13-4-6-14(7-5-13)24(32)33)30-23-18(12-29-31(23)22(20)27)16-8-9-19(28-11-16)15-2-1-3-17(26)10-15/h1-3,8-12,14,30H,4-7,27H2,(H,32,33). The molecule has 0 unspecified atom stereocenters. The molecule has 7 nitrogen and oxygen atoms in total. The predicted octanol–water partition coefficient (Wildman–Crippen LogP) is 5.19. The van der Waals surface area contributed by atoms with Crippen LogP contribution in [0.5, 0.6) is 0 Å². The summed E-state index contributed by atoms with van der Waals surface area (Å²) in [6, 6.07) is 10.1. The number of hydrogen-bond acceptors (Lipinski definition) is 5. The van der Waals surface area contributed by atoms with Gasteiger partial charge in [-0.2, -0.15) is 9.78 Å². The van der Waals surface area contributed by atoms with Crippen LogP contribution in [0.4, 0.5) is 10.2 Å². The number of anilines is 1. The third-order valence-electron chi connectivity index (χ3n) is 6.17. The zero-order valence-electron chi connectivity index (χ0n) is 17.6. The van der Waals surface area contributed by atoms with Crippen molar-refractivity contribution in [3.05, 3.63) is 70.4 Å². The normalized spacial score (nSPS) is 18.2. The van der Waals surface area contributed by atoms with E-state index < -0.39 is 5.97 Å². The molecule has 0 amide bonds. The van der Waals surface area contributed by atoms with E-state index in [0.717, 1.165) is 28.2 Å². The van der Waals surface area contributed by atoms with Crippen LogP contribution in [0, 0.1) is 11.7 Å². The summed E-state index contributed by atoms with van der Waals surface area (Å²) >= 11 is 3.59. The second kappa shape index (κ2) is 8.47. The minimum atomic E-state index is -0.737. The fraction of sp³-hybridized carbons (Fsp3) is 0.208. The molecule has 5 rings (SSSR count). The summed E-state index contributed by atoms with van der Waals surface area (Å²) in [5.41, 5.74) is 11.4. The Kier molecular flexibility index (Phi) is 5.49. The third-order valence-corrected chi connectivity index (χ3v) is 6.97. The number of hydrogen-bond donors (Lipinski definition) is 3. The van der Waals surface area contributed by atoms with Gasteiger partial charge in [0.15, 0.2) is 0 Å². The number of pyridine rings is 1. The number of carboxylic acids is 1. The van der Waals surface area contributed by atoms with E-state index in [1.54, 1.807) is 23.1 Å². The molecule has 0 radical (unpaired) electrons. The van der Waals surface area contributed by atoms with Crippen LogP contribution in [-0.2, 0) is 4.79 Å². The number of aliphatic carboxylic acids is 1. The fourth-order valence-electron chi connectivity index (χ4n) is 4.34. The Morgan fingerprint density at radius 2 is 1.97 bits per heavy atom. The highest BCUT2D eigenvalue weighted by molar-refractivity contribution is 9.12. The van der Waals surface area contributed by atoms with Crippen LogP contribution in [0.3, 0.4) is 0 Å². The van der Waals surface area contributed by atoms with Gasteiger partial charge >= 0.3 is 5.97 Å². The number of fused-ring (bicyclic) bond motifs is 1. The van der Waals surface area contributed by atoms with Gasteiger partial charge in [0, 0.05) is 22.9 Å². The topological polar surface area (TPSA) is 106 Å². The summed E-state index contributed by atoms with van der Waals surface area (Å²) in [6.07, 6.45) is 6.04. The first kappa shape index (κ1) is 21.4. The summed E-state index contributed by atoms with van der Waals surface area (Å²) in [5.74, 6) is -0.165. The van der Waals surface area contributed by atoms with E-state index in [1.165, 1.54) is 12.1 Å². The Hall–Kier alpha value is -3.46. The Balaban J connectivity index is 1.47. The van der Waals surface area contributed by atoms with E-state index in [9.17, 15) is 14.3 Å². The molecule has 1 saturated carbocycles. The van der Waals surface area contributed by atoms with Crippen LogP contribution >= 0.6 is 15.9 Å². The lowest BCUT2D eigenvalue weighted by Gasteiger charge is -2.28. The van der Waals surface area contributed by atoms with Crippen molar-refractivity contribution in [2.75, 3.05) is 5.32 Å². The molecule has 2 aromatic heterocycles. The number of halogens is 2. The molecule has 0 bridgehead atoms. The van der Waals surface area contributed by atoms with Gasteiger partial charge in [-0.1, -0.05) is 18.2 Å². The van der Waals surface area contributed by atoms with Crippen molar-refractivity contribution in [1.82, 2.24) is 14.8 Å². The van der Waals surface area contributed by atoms with Gasteiger partial charge in [0.2, 0.25) is 0 Å². The van der Waals surface area contributed by atoms with E-state index in [-0.39, 0.29) is 11.7 Å². The fourth-order valence-corrected chi connectivity index (χ4v) is 4.88. The van der Waals surface area contributed by atoms with E-state index in [1.807, 2.05) is 18.2 Å². The summed E-state index contributed by atoms with van der Waals surface area (Å²) in [6.45, 7) is 0. The molecule has 0 atom stereocenters. The highest BCUT2D eigenvalue weighted by Gasteiger charge is 2.29. The Labute approximate surface area is 198 Å². The summed E-state index contributed by atoms with van der Waals surface area (Å²) in [7, 11) is 0. The molecule has 0 saturated heterocycles. The average Bonchev–Trinajstić information content (AvgIpc) is 3.26. The first-order chi connectivity index (χ1) is 15.9. The van der Waals surface area contributed by atoms with Gasteiger partial charge in [-0.15, -0.1) is 0 Å². The first-order valence-corrected chi connectivity index (χ1v) is 11.4. The molecule has 3 aromatic rings. The lowest BCUT2D eigenvalue weighted by molar-refractivity contribution is -0.142. The van der Waals surface area contributed by atoms with Crippen molar-refractivity contribution >= 4 is 33.5 Å². The molecule has 1 aromatic carbocycles. The van der Waals surface area contributed by atoms with Crippen LogP contribution in [0.1, 0.15) is 25.7 Å². The molecule has 2 aliphatic rings. The lowest BCUT2D eigenvalue weighted by Crippen LogP contribution is -2.24. The number of nitrogens with two attached hydrogens (primary N) is 1. The number of carboxylic acid groups (broad SMARTS) is 1. The molecule has 168 valence electrons. The van der Waals surface area contributed by atoms with Crippen molar-refractivity contribution in [1.29, 1.82) is 0 Å². The van der Waals surface area contributed by atoms with Crippen molar-refractivity contribution in [3.63, 3.8) is 0 Å². The van der Waals surface area contributed by atoms with Gasteiger partial charge in [0.25, 0.3) is 0 Å². The minimum Gasteiger partial charge on any atom is -0.481 e. The number of nitrogens with one attached hydrogen (secondary N) is 1. The zero-order chi connectivity index (χ0) is 23.1. The van der Waals surface area contributed by atoms with Crippen molar-refractivity contribution in [2.45, 2.75) is 25.7 Å². The van der Waals surface area contributed by atoms with E-state index in [2.05, 4.69) is 31.3 Å². The predicted molar refractivity (Wildman–Crippen MR) is 127 cm³/mol. The van der Waals surface area contributed by atoms with E-state index in [4.69, 9.17) is 5.73 Å². The second-order valence-corrected chi connectivity index (χ2v) is 8.97. The SMILES string of the molecule is NC1=C(Br)C(=C2CCC(C(=O)O)CC2)Nc2c(-c3ccc(-c4cccc(F)c4)nc3)cnn21. The van der Waals surface area contributed by atoms with Gasteiger partial charge in [-0.3, -0.25) is 9.78 Å². The number of benzene rings is 1. The minimum absolute atomic E-state index is 0.304. The van der Waals surface area contributed by atoms with Crippen LogP contribution < -0.4 is 11.1 Å². The molecule has 0 spiro atoms. The van der Waals surface area contributed by atoms with Gasteiger partial charge in [-0.05, 0) is 65.4 Å². The highest BCUT2D eigenvalue weighted by atomic mass is 79.9. The molecule has 3 heterocycles. The Bertz CT molecular complexity index is 1300. The smallest absolute Gasteiger partial charge is 0.306 e. The molecule has 4 N–H and O–H groups in total. The summed E-state index contributed by atoms with van der Waals surface area (Å²) in [5, 5.41) is 17.2. The molecule has 1 aliphatic carbocycles. The maximum absolute atomic E-state index is 13.6. The molecule has 9 heteroatoms. The largest absolute Gasteiger partial charge is 0.481 e. The quantitative estimate of drug-likeness (QED) is 0.448. The first-order valence-electron chi connectivity index (χ1n) is 10.6. The summed E-state index contributed by atoms with van der Waals surface area (Å²) in [4.78, 5) is 15.8. The summed E-state index contributed by atoms with van der Waals surface area (Å²) < 4.78 is 15.9. The van der Waals surface area contributed by atoms with E-state index in [0.29, 0.717) is 47.2 Å². The van der Waals surface area contributed by atoms with Crippen molar-refractivity contribution in [3.8, 4) is 22.4 Å². The van der Waals surface area contributed by atoms with Crippen LogP contribution in [-0.4, -0.2) is 25.8 Å². The average molecular weight is 510 g/mol. The molecular formula is C24H21BrFN5O2. The van der Waals surface area contributed by atoms with Gasteiger partial charge in [-0.25, -0.2) is 4.39 Å². The number of nitrogens with zero attached hydrogens (tertiary/aromatic N) is 3. The number of allylic oxidation sites excluding steroid dienone is 2. The van der Waals surface area contributed by atoms with Crippen molar-refractivity contribution < 1.29 is 14.3 Å². The van der Waals surface area contributed by atoms with Crippen LogP contribution in [0.15, 0.2) is 64.5 Å². The Morgan fingerprint density at radius 3 is 2.64 bits per heavy atom. The molecular weight excluding hydrogens is 489 g/mol. The van der Waals surface area contributed by atoms with E-state index >= 15 is 0 Å². The van der Waals surface area contributed by atoms with Crippen molar-refractivity contribution in [2.24, 2.45) is 11.7 Å². The second-order valence-electron chi connectivity index (χ2n) is 8.18. The Morgan fingerprint density at radius 1 is 1.18 bits per heavy atom. The maximum atomic E-state index is 13.6. The van der Waals surface area contributed by atoms with Crippen LogP contribution in [0.2, 0.25) is 0 Å². The van der Waals surface area contributed by atoms with Gasteiger partial charge in [0.05, 0.1) is 28.0 Å². The molecule has 1 fully saturated rings. The molecule has 33 heavy (non-hydrogen) atoms. The van der Waals surface area contributed by atoms with Gasteiger partial charge < -0.3 is 16.2 Å².